The zero-order valence-corrected chi connectivity index (χ0v) is 9.06. The number of aliphatic hydroxyl groups is 4. The Bertz CT molecular complexity index is 350. The van der Waals surface area contributed by atoms with Gasteiger partial charge in [-0.15, -0.1) is 0 Å². The molecule has 0 aliphatic rings. The van der Waals surface area contributed by atoms with E-state index in [1.54, 1.807) is 0 Å². The first kappa shape index (κ1) is 16.2. The van der Waals surface area contributed by atoms with E-state index in [0.717, 1.165) is 0 Å². The number of carbonyl (C=O) groups is 1. The normalized spacial score (nSPS) is 19.4. The average Bonchev–Trinajstić information content (AvgIpc) is 2.21. The third-order valence-corrected chi connectivity index (χ3v) is 2.14. The van der Waals surface area contributed by atoms with Gasteiger partial charge in [0, 0.05) is 0 Å². The van der Waals surface area contributed by atoms with Crippen LogP contribution in [0.3, 0.4) is 0 Å². The van der Waals surface area contributed by atoms with E-state index in [9.17, 15) is 13.2 Å². The lowest BCUT2D eigenvalue weighted by atomic mass is 10.0. The second kappa shape index (κ2) is 6.20. The molecule has 0 aromatic heterocycles. The second-order valence-electron chi connectivity index (χ2n) is 3.04. The summed E-state index contributed by atoms with van der Waals surface area (Å²) in [5.74, 6) is -1.85. The molecule has 0 heterocycles. The van der Waals surface area contributed by atoms with Crippen LogP contribution in [-0.4, -0.2) is 75.5 Å². The van der Waals surface area contributed by atoms with Gasteiger partial charge in [-0.3, -0.25) is 4.55 Å². The van der Waals surface area contributed by atoms with Crippen LogP contribution in [0.25, 0.3) is 0 Å². The highest BCUT2D eigenvalue weighted by Gasteiger charge is 2.34. The molecule has 0 amide bonds. The van der Waals surface area contributed by atoms with Crippen molar-refractivity contribution in [1.29, 1.82) is 0 Å². The van der Waals surface area contributed by atoms with Gasteiger partial charge in [0.1, 0.15) is 18.3 Å². The van der Waals surface area contributed by atoms with Gasteiger partial charge in [0.05, 0.1) is 6.61 Å². The minimum absolute atomic E-state index is 1.12. The monoisotopic (exact) mass is 276 g/mol. The maximum absolute atomic E-state index is 10.2. The highest BCUT2D eigenvalue weighted by molar-refractivity contribution is 7.80. The molecule has 0 saturated heterocycles. The Balaban J connectivity index is 4.39. The molecule has 0 rings (SSSR count). The van der Waals surface area contributed by atoms with Crippen LogP contribution in [0.2, 0.25) is 0 Å². The lowest BCUT2D eigenvalue weighted by Crippen LogP contribution is -2.49. The zero-order chi connectivity index (χ0) is 13.8. The van der Waals surface area contributed by atoms with Crippen molar-refractivity contribution in [3.8, 4) is 0 Å². The summed E-state index contributed by atoms with van der Waals surface area (Å²) < 4.78 is 32.0. The molecule has 6 N–H and O–H groups in total. The van der Waals surface area contributed by atoms with E-state index in [2.05, 4.69) is 4.18 Å². The van der Waals surface area contributed by atoms with Crippen molar-refractivity contribution in [3.63, 3.8) is 0 Å². The van der Waals surface area contributed by atoms with Crippen LogP contribution in [0.4, 0.5) is 0 Å². The molecule has 0 bridgehead atoms. The fourth-order valence-corrected chi connectivity index (χ4v) is 1.13. The Hall–Kier alpha value is -0.820. The van der Waals surface area contributed by atoms with Gasteiger partial charge >= 0.3 is 16.4 Å². The van der Waals surface area contributed by atoms with Crippen LogP contribution in [0, 0.1) is 0 Å². The van der Waals surface area contributed by atoms with Crippen LogP contribution in [0.1, 0.15) is 0 Å². The lowest BCUT2D eigenvalue weighted by Gasteiger charge is -2.23. The van der Waals surface area contributed by atoms with E-state index in [1.807, 2.05) is 0 Å². The standard InChI is InChI=1S/C6H12O10S/c7-2(1-16-17(13,14)15)3(8)4(9)5(10)6(11)12/h2-5,7-10H,1H2,(H,11,12)(H,13,14,15)/t2-,3-,4+,5-/m1/s1. The van der Waals surface area contributed by atoms with Crippen LogP contribution in [-0.2, 0) is 19.4 Å². The van der Waals surface area contributed by atoms with Crippen molar-refractivity contribution in [2.24, 2.45) is 0 Å². The summed E-state index contributed by atoms with van der Waals surface area (Å²) in [7, 11) is -4.85. The SMILES string of the molecule is O=C(O)[C@H](O)[C@@H](O)[C@H](O)[C@H](O)COS(=O)(=O)O. The van der Waals surface area contributed by atoms with Gasteiger partial charge in [0.15, 0.2) is 6.10 Å². The van der Waals surface area contributed by atoms with Crippen molar-refractivity contribution in [2.75, 3.05) is 6.61 Å². The minimum atomic E-state index is -4.85. The molecular weight excluding hydrogens is 264 g/mol. The molecule has 0 unspecified atom stereocenters. The van der Waals surface area contributed by atoms with Gasteiger partial charge in [-0.25, -0.2) is 8.98 Å². The molecule has 10 nitrogen and oxygen atoms in total. The van der Waals surface area contributed by atoms with E-state index in [0.29, 0.717) is 0 Å². The predicted octanol–water partition coefficient (Wildman–Crippen LogP) is -3.67. The summed E-state index contributed by atoms with van der Waals surface area (Å²) in [6.07, 6.45) is -8.83. The van der Waals surface area contributed by atoms with Crippen molar-refractivity contribution in [1.82, 2.24) is 0 Å². The van der Waals surface area contributed by atoms with Crippen LogP contribution >= 0.6 is 0 Å². The molecule has 0 aliphatic carbocycles. The summed E-state index contributed by atoms with van der Waals surface area (Å²) in [6, 6.07) is 0. The van der Waals surface area contributed by atoms with Gasteiger partial charge in [-0.2, -0.15) is 8.42 Å². The summed E-state index contributed by atoms with van der Waals surface area (Å²) in [4.78, 5) is 10.2. The second-order valence-corrected chi connectivity index (χ2v) is 4.14. The number of aliphatic hydroxyl groups excluding tert-OH is 4. The number of rotatable bonds is 7. The first-order valence-electron chi connectivity index (χ1n) is 4.13. The Labute approximate surface area is 95.6 Å². The molecule has 11 heteroatoms. The number of hydrogen-bond donors (Lipinski definition) is 6. The van der Waals surface area contributed by atoms with Gasteiger partial charge in [-0.1, -0.05) is 0 Å². The minimum Gasteiger partial charge on any atom is -0.479 e. The van der Waals surface area contributed by atoms with Crippen molar-refractivity contribution >= 4 is 16.4 Å². The molecule has 0 aliphatic heterocycles. The fourth-order valence-electron chi connectivity index (χ4n) is 0.815. The maximum Gasteiger partial charge on any atom is 0.397 e. The Morgan fingerprint density at radius 2 is 1.59 bits per heavy atom. The fraction of sp³-hybridized carbons (Fsp3) is 0.833. The summed E-state index contributed by atoms with van der Waals surface area (Å²) in [5.41, 5.74) is 0. The first-order valence-corrected chi connectivity index (χ1v) is 5.49. The van der Waals surface area contributed by atoms with Crippen molar-refractivity contribution in [3.05, 3.63) is 0 Å². The zero-order valence-electron chi connectivity index (χ0n) is 8.24. The molecule has 0 saturated carbocycles. The van der Waals surface area contributed by atoms with Crippen LogP contribution < -0.4 is 0 Å². The maximum atomic E-state index is 10.2. The highest BCUT2D eigenvalue weighted by atomic mass is 32.3. The predicted molar refractivity (Wildman–Crippen MR) is 49.2 cm³/mol. The van der Waals surface area contributed by atoms with Gasteiger partial charge < -0.3 is 25.5 Å². The number of carboxylic acids is 1. The van der Waals surface area contributed by atoms with Crippen LogP contribution in [0.15, 0.2) is 0 Å². The Kier molecular flexibility index (Phi) is 5.91. The topological polar surface area (TPSA) is 182 Å². The molecule has 0 fully saturated rings. The molecule has 0 radical (unpaired) electrons. The summed E-state index contributed by atoms with van der Waals surface area (Å²) in [6.45, 7) is -1.12. The summed E-state index contributed by atoms with van der Waals surface area (Å²) >= 11 is 0. The molecule has 0 spiro atoms. The van der Waals surface area contributed by atoms with E-state index in [1.165, 1.54) is 0 Å². The van der Waals surface area contributed by atoms with Crippen molar-refractivity contribution < 1.29 is 47.5 Å². The van der Waals surface area contributed by atoms with Crippen molar-refractivity contribution in [2.45, 2.75) is 24.4 Å². The van der Waals surface area contributed by atoms with E-state index in [-0.39, 0.29) is 0 Å². The van der Waals surface area contributed by atoms with Gasteiger partial charge in [-0.05, 0) is 0 Å². The lowest BCUT2D eigenvalue weighted by molar-refractivity contribution is -0.163. The molecule has 0 aromatic carbocycles. The smallest absolute Gasteiger partial charge is 0.397 e. The van der Waals surface area contributed by atoms with E-state index in [4.69, 9.17) is 30.1 Å². The third-order valence-electron chi connectivity index (χ3n) is 1.71. The third kappa shape index (κ3) is 5.88. The van der Waals surface area contributed by atoms with E-state index < -0.39 is 47.4 Å². The van der Waals surface area contributed by atoms with Gasteiger partial charge in [0.25, 0.3) is 0 Å². The first-order chi connectivity index (χ1) is 7.56. The summed E-state index contributed by atoms with van der Waals surface area (Å²) in [5, 5.41) is 44.3. The van der Waals surface area contributed by atoms with Crippen LogP contribution in [0.5, 0.6) is 0 Å². The van der Waals surface area contributed by atoms with Gasteiger partial charge in [0.2, 0.25) is 0 Å². The molecule has 17 heavy (non-hydrogen) atoms. The average molecular weight is 276 g/mol. The molecule has 0 aromatic rings. The number of hydrogen-bond acceptors (Lipinski definition) is 8. The Morgan fingerprint density at radius 3 is 1.94 bits per heavy atom. The Morgan fingerprint density at radius 1 is 1.12 bits per heavy atom. The quantitative estimate of drug-likeness (QED) is 0.253. The number of aliphatic carboxylic acids is 1. The highest BCUT2D eigenvalue weighted by Crippen LogP contribution is 2.06. The molecule has 102 valence electrons. The van der Waals surface area contributed by atoms with E-state index >= 15 is 0 Å². The molecule has 4 atom stereocenters. The number of carboxylic acid groups (broad SMARTS) is 1. The molecular formula is C6H12O10S. The largest absolute Gasteiger partial charge is 0.479 e.